The number of ketones is 1. The third kappa shape index (κ3) is 5.17. The van der Waals surface area contributed by atoms with Crippen molar-refractivity contribution in [3.05, 3.63) is 53.4 Å². The molecule has 0 atom stereocenters. The molecule has 0 aromatic heterocycles. The zero-order valence-electron chi connectivity index (χ0n) is 18.5. The lowest BCUT2D eigenvalue weighted by Crippen LogP contribution is -3.14. The molecule has 1 N–H and O–H groups in total. The van der Waals surface area contributed by atoms with Gasteiger partial charge in [0.25, 0.3) is 0 Å². The summed E-state index contributed by atoms with van der Waals surface area (Å²) in [6.45, 7) is 6.86. The van der Waals surface area contributed by atoms with Crippen LogP contribution >= 0.6 is 0 Å². The molecule has 0 saturated carbocycles. The molecular weight excluding hydrogens is 399 g/mol. The summed E-state index contributed by atoms with van der Waals surface area (Å²) in [7, 11) is 4.62. The molecule has 1 saturated heterocycles. The van der Waals surface area contributed by atoms with Crippen LogP contribution in [0.3, 0.4) is 0 Å². The largest absolute Gasteiger partial charge is 0.496 e. The van der Waals surface area contributed by atoms with Crippen molar-refractivity contribution in [3.63, 3.8) is 0 Å². The Hall–Kier alpha value is -3.06. The van der Waals surface area contributed by atoms with Gasteiger partial charge < -0.3 is 24.0 Å². The summed E-state index contributed by atoms with van der Waals surface area (Å²) in [6.07, 6.45) is 3.03. The lowest BCUT2D eigenvalue weighted by Gasteiger charge is -2.33. The van der Waals surface area contributed by atoms with Gasteiger partial charge in [0.2, 0.25) is 0 Å². The lowest BCUT2D eigenvalue weighted by molar-refractivity contribution is -0.898. The van der Waals surface area contributed by atoms with E-state index in [9.17, 15) is 9.18 Å². The minimum Gasteiger partial charge on any atom is -0.496 e. The smallest absolute Gasteiger partial charge is 0.185 e. The molecule has 166 valence electrons. The van der Waals surface area contributed by atoms with E-state index in [0.29, 0.717) is 34.1 Å². The van der Waals surface area contributed by atoms with E-state index in [-0.39, 0.29) is 11.6 Å². The van der Waals surface area contributed by atoms with E-state index in [1.807, 2.05) is 4.90 Å². The first-order valence-corrected chi connectivity index (χ1v) is 10.4. The molecule has 1 aliphatic rings. The van der Waals surface area contributed by atoms with Crippen LogP contribution in [0.5, 0.6) is 17.2 Å². The molecule has 6 nitrogen and oxygen atoms in total. The Bertz CT molecular complexity index is 953. The van der Waals surface area contributed by atoms with Crippen molar-refractivity contribution in [2.45, 2.75) is 6.92 Å². The van der Waals surface area contributed by atoms with Crippen LogP contribution in [0.2, 0.25) is 0 Å². The highest BCUT2D eigenvalue weighted by Gasteiger charge is 2.21. The van der Waals surface area contributed by atoms with E-state index in [4.69, 9.17) is 14.2 Å². The topological polar surface area (TPSA) is 52.4 Å². The van der Waals surface area contributed by atoms with Gasteiger partial charge >= 0.3 is 0 Å². The average Bonchev–Trinajstić information content (AvgIpc) is 2.81. The van der Waals surface area contributed by atoms with Gasteiger partial charge in [-0.15, -0.1) is 0 Å². The Morgan fingerprint density at radius 2 is 1.68 bits per heavy atom. The van der Waals surface area contributed by atoms with Crippen LogP contribution < -0.4 is 24.0 Å². The van der Waals surface area contributed by atoms with Crippen molar-refractivity contribution < 1.29 is 28.3 Å². The van der Waals surface area contributed by atoms with E-state index in [1.165, 1.54) is 31.3 Å². The van der Waals surface area contributed by atoms with Gasteiger partial charge in [0.15, 0.2) is 17.3 Å². The summed E-state index contributed by atoms with van der Waals surface area (Å²) in [5.41, 5.74) is 1.51. The quantitative estimate of drug-likeness (QED) is 0.516. The number of hydrogen-bond acceptors (Lipinski definition) is 5. The van der Waals surface area contributed by atoms with E-state index >= 15 is 0 Å². The van der Waals surface area contributed by atoms with Gasteiger partial charge in [0.1, 0.15) is 11.6 Å². The number of carbonyl (C=O) groups is 1. The van der Waals surface area contributed by atoms with Gasteiger partial charge in [-0.3, -0.25) is 4.79 Å². The summed E-state index contributed by atoms with van der Waals surface area (Å²) < 4.78 is 30.7. The lowest BCUT2D eigenvalue weighted by atomic mass is 10.1. The summed E-state index contributed by atoms with van der Waals surface area (Å²) in [6, 6.07) is 8.10. The van der Waals surface area contributed by atoms with Gasteiger partial charge in [-0.1, -0.05) is 0 Å². The second-order valence-corrected chi connectivity index (χ2v) is 7.40. The minimum atomic E-state index is -0.372. The van der Waals surface area contributed by atoms with E-state index in [0.717, 1.165) is 32.7 Å². The number of methoxy groups -OCH3 is 3. The van der Waals surface area contributed by atoms with Crippen LogP contribution in [0.4, 0.5) is 10.1 Å². The molecule has 1 fully saturated rings. The van der Waals surface area contributed by atoms with E-state index < -0.39 is 0 Å². The Morgan fingerprint density at radius 3 is 2.26 bits per heavy atom. The molecule has 2 aromatic rings. The molecule has 0 spiro atoms. The van der Waals surface area contributed by atoms with Crippen LogP contribution in [0.15, 0.2) is 36.4 Å². The van der Waals surface area contributed by atoms with Gasteiger partial charge in [-0.05, 0) is 43.3 Å². The molecule has 1 aliphatic heterocycles. The average molecular weight is 430 g/mol. The summed E-state index contributed by atoms with van der Waals surface area (Å²) in [5, 5.41) is 0. The van der Waals surface area contributed by atoms with Crippen molar-refractivity contribution in [2.75, 3.05) is 59.0 Å². The fraction of sp³-hybridized carbons (Fsp3) is 0.375. The number of ether oxygens (including phenoxy) is 3. The predicted molar refractivity (Wildman–Crippen MR) is 119 cm³/mol. The van der Waals surface area contributed by atoms with Crippen LogP contribution in [-0.2, 0) is 0 Å². The standard InChI is InChI=1S/C24H29FN2O4/c1-5-26-10-12-27(13-11-26)20-8-6-17(14-19(20)25)21(28)9-7-18-15-23(30-3)24(31-4)16-22(18)29-2/h6-9,14-16H,5,10-13H2,1-4H3/p+1/b9-7+. The Morgan fingerprint density at radius 1 is 1.03 bits per heavy atom. The second kappa shape index (κ2) is 10.3. The molecule has 3 rings (SSSR count). The maximum absolute atomic E-state index is 14.8. The summed E-state index contributed by atoms with van der Waals surface area (Å²) >= 11 is 0. The summed E-state index contributed by atoms with van der Waals surface area (Å²) in [5.74, 6) is 0.930. The maximum atomic E-state index is 14.8. The van der Waals surface area contributed by atoms with Crippen molar-refractivity contribution in [1.82, 2.24) is 0 Å². The molecule has 0 bridgehead atoms. The number of quaternary nitrogens is 1. The first-order chi connectivity index (χ1) is 15.0. The van der Waals surface area contributed by atoms with E-state index in [2.05, 4.69) is 6.92 Å². The first-order valence-electron chi connectivity index (χ1n) is 10.4. The molecule has 0 aliphatic carbocycles. The van der Waals surface area contributed by atoms with Crippen LogP contribution in [0, 0.1) is 5.82 Å². The first kappa shape index (κ1) is 22.6. The number of anilines is 1. The molecule has 1 heterocycles. The fourth-order valence-corrected chi connectivity index (χ4v) is 3.78. The number of likely N-dealkylation sites (N-methyl/N-ethyl adjacent to an activating group) is 1. The number of rotatable bonds is 8. The summed E-state index contributed by atoms with van der Waals surface area (Å²) in [4.78, 5) is 16.2. The van der Waals surface area contributed by atoms with Crippen LogP contribution in [0.1, 0.15) is 22.8 Å². The molecule has 0 radical (unpaired) electrons. The molecule has 0 unspecified atom stereocenters. The minimum absolute atomic E-state index is 0.289. The molecule has 31 heavy (non-hydrogen) atoms. The third-order valence-corrected chi connectivity index (χ3v) is 5.69. The predicted octanol–water partition coefficient (Wildman–Crippen LogP) is 2.47. The highest BCUT2D eigenvalue weighted by Crippen LogP contribution is 2.35. The number of nitrogens with zero attached hydrogens (tertiary/aromatic N) is 1. The normalized spacial score (nSPS) is 14.7. The maximum Gasteiger partial charge on any atom is 0.185 e. The van der Waals surface area contributed by atoms with E-state index in [1.54, 1.807) is 37.5 Å². The van der Waals surface area contributed by atoms with Crippen LogP contribution in [0.25, 0.3) is 6.08 Å². The zero-order valence-corrected chi connectivity index (χ0v) is 18.5. The second-order valence-electron chi connectivity index (χ2n) is 7.40. The molecule has 7 heteroatoms. The van der Waals surface area contributed by atoms with Crippen molar-refractivity contribution in [3.8, 4) is 17.2 Å². The molecule has 2 aromatic carbocycles. The molecular formula is C24H30FN2O4+. The van der Waals surface area contributed by atoms with Gasteiger partial charge in [0.05, 0.1) is 59.7 Å². The number of hydrogen-bond donors (Lipinski definition) is 1. The monoisotopic (exact) mass is 429 g/mol. The Labute approximate surface area is 182 Å². The third-order valence-electron chi connectivity index (χ3n) is 5.69. The highest BCUT2D eigenvalue weighted by atomic mass is 19.1. The highest BCUT2D eigenvalue weighted by molar-refractivity contribution is 6.07. The van der Waals surface area contributed by atoms with Crippen molar-refractivity contribution >= 4 is 17.5 Å². The number of halogens is 1. The van der Waals surface area contributed by atoms with Crippen molar-refractivity contribution in [2.24, 2.45) is 0 Å². The molecule has 0 amide bonds. The fourth-order valence-electron chi connectivity index (χ4n) is 3.78. The van der Waals surface area contributed by atoms with Gasteiger partial charge in [-0.2, -0.15) is 0 Å². The van der Waals surface area contributed by atoms with Crippen LogP contribution in [-0.4, -0.2) is 59.8 Å². The zero-order chi connectivity index (χ0) is 22.4. The number of benzene rings is 2. The number of piperazine rings is 1. The Balaban J connectivity index is 1.76. The Kier molecular flexibility index (Phi) is 7.52. The SMILES string of the molecule is CC[NH+]1CCN(c2ccc(C(=O)/C=C/c3cc(OC)c(OC)cc3OC)cc2F)CC1. The van der Waals surface area contributed by atoms with Gasteiger partial charge in [-0.25, -0.2) is 4.39 Å². The number of nitrogens with one attached hydrogen (secondary N) is 1. The number of allylic oxidation sites excluding steroid dienone is 1. The van der Waals surface area contributed by atoms with Gasteiger partial charge in [0, 0.05) is 17.2 Å². The van der Waals surface area contributed by atoms with Crippen molar-refractivity contribution in [1.29, 1.82) is 0 Å². The number of carbonyl (C=O) groups excluding carboxylic acids is 1.